The van der Waals surface area contributed by atoms with Crippen LogP contribution in [-0.4, -0.2) is 67.3 Å². The summed E-state index contributed by atoms with van der Waals surface area (Å²) in [6, 6.07) is 5.18. The van der Waals surface area contributed by atoms with Crippen LogP contribution in [-0.2, 0) is 33.2 Å². The molecule has 0 bridgehead atoms. The smallest absolute Gasteiger partial charge is 0.269 e. The number of halogens is 1. The Morgan fingerprint density at radius 2 is 1.66 bits per heavy atom. The summed E-state index contributed by atoms with van der Waals surface area (Å²) in [5.41, 5.74) is 4.69. The molecule has 2 amide bonds. The molecule has 2 spiro atoms. The van der Waals surface area contributed by atoms with E-state index in [2.05, 4.69) is 10.9 Å². The molecule has 3 aliphatic heterocycles. The minimum atomic E-state index is -0.682. The molecule has 3 saturated heterocycles. The summed E-state index contributed by atoms with van der Waals surface area (Å²) >= 11 is 0. The van der Waals surface area contributed by atoms with Crippen molar-refractivity contribution < 1.29 is 42.4 Å². The van der Waals surface area contributed by atoms with E-state index < -0.39 is 53.8 Å². The van der Waals surface area contributed by atoms with Crippen LogP contribution in [0.3, 0.4) is 0 Å². The molecule has 6 rings (SSSR count). The molecule has 10 nitrogen and oxygen atoms in total. The van der Waals surface area contributed by atoms with Crippen molar-refractivity contribution in [2.45, 2.75) is 106 Å². The number of hydrogen-bond donors (Lipinski definition) is 2. The van der Waals surface area contributed by atoms with Crippen LogP contribution in [0.2, 0.25) is 0 Å². The maximum atomic E-state index is 13.4. The number of hydrogen-bond acceptors (Lipinski definition) is 8. The highest BCUT2D eigenvalue weighted by atomic mass is 19.1. The molecule has 5 atom stereocenters. The minimum Gasteiger partial charge on any atom is -0.363 e. The number of hydrazine groups is 1. The zero-order valence-corrected chi connectivity index (χ0v) is 21.3. The van der Waals surface area contributed by atoms with Gasteiger partial charge in [0.25, 0.3) is 11.8 Å². The molecule has 11 heteroatoms. The Balaban J connectivity index is 1.09. The average molecular weight is 535 g/mol. The van der Waals surface area contributed by atoms with E-state index in [4.69, 9.17) is 28.4 Å². The monoisotopic (exact) mass is 534 g/mol. The van der Waals surface area contributed by atoms with Gasteiger partial charge in [-0.05, 0) is 43.9 Å². The van der Waals surface area contributed by atoms with Crippen molar-refractivity contribution in [3.63, 3.8) is 0 Å². The van der Waals surface area contributed by atoms with Gasteiger partial charge < -0.3 is 28.4 Å². The SMILES string of the molecule is O=C(CO[C@H]1[C@@H]2OC3(CCCCC3)O[C@@H]2O[C@H]1[C@@H]1COC2(CCCCC2)O1)NNC(=O)c1cccc(F)c1. The second kappa shape index (κ2) is 10.8. The third-order valence-electron chi connectivity index (χ3n) is 8.17. The van der Waals surface area contributed by atoms with Gasteiger partial charge in [-0.1, -0.05) is 18.9 Å². The van der Waals surface area contributed by atoms with Gasteiger partial charge in [0.1, 0.15) is 36.8 Å². The van der Waals surface area contributed by atoms with Crippen LogP contribution >= 0.6 is 0 Å². The van der Waals surface area contributed by atoms with Crippen molar-refractivity contribution in [1.82, 2.24) is 10.9 Å². The standard InChI is InChI=1S/C27H35FN2O8/c28-18-9-7-8-17(14-18)24(32)30-29-20(31)16-33-22-21(19-15-34-26(36-19)10-3-1-4-11-26)35-25-23(22)37-27(38-25)12-5-2-6-13-27/h7-9,14,19,21-23,25H,1-6,10-13,15-16H2,(H,29,31)(H,30,32)/t19-,21-,22+,23-,25-/m0/s1. The van der Waals surface area contributed by atoms with E-state index >= 15 is 0 Å². The third kappa shape index (κ3) is 5.32. The van der Waals surface area contributed by atoms with E-state index in [1.54, 1.807) is 0 Å². The van der Waals surface area contributed by atoms with Crippen LogP contribution in [0.15, 0.2) is 24.3 Å². The number of rotatable bonds is 5. The quantitative estimate of drug-likeness (QED) is 0.555. The van der Waals surface area contributed by atoms with E-state index in [0.717, 1.165) is 63.9 Å². The summed E-state index contributed by atoms with van der Waals surface area (Å²) in [4.78, 5) is 24.8. The molecule has 38 heavy (non-hydrogen) atoms. The molecule has 1 aromatic rings. The van der Waals surface area contributed by atoms with Gasteiger partial charge in [0.05, 0.1) is 6.61 Å². The largest absolute Gasteiger partial charge is 0.363 e. The molecule has 2 aliphatic carbocycles. The Bertz CT molecular complexity index is 1030. The first-order valence-corrected chi connectivity index (χ1v) is 13.7. The second-order valence-electron chi connectivity index (χ2n) is 10.9. The molecule has 5 fully saturated rings. The van der Waals surface area contributed by atoms with Crippen molar-refractivity contribution in [2.75, 3.05) is 13.2 Å². The highest BCUT2D eigenvalue weighted by molar-refractivity contribution is 5.95. The fourth-order valence-corrected chi connectivity index (χ4v) is 6.30. The third-order valence-corrected chi connectivity index (χ3v) is 8.17. The predicted octanol–water partition coefficient (Wildman–Crippen LogP) is 2.85. The summed E-state index contributed by atoms with van der Waals surface area (Å²) < 4.78 is 51.1. The van der Waals surface area contributed by atoms with Crippen molar-refractivity contribution in [1.29, 1.82) is 0 Å². The van der Waals surface area contributed by atoms with Crippen LogP contribution in [0, 0.1) is 5.82 Å². The van der Waals surface area contributed by atoms with E-state index in [1.165, 1.54) is 24.6 Å². The van der Waals surface area contributed by atoms with Gasteiger partial charge in [0, 0.05) is 31.2 Å². The molecule has 0 radical (unpaired) electrons. The van der Waals surface area contributed by atoms with Crippen molar-refractivity contribution >= 4 is 11.8 Å². The lowest BCUT2D eigenvalue weighted by atomic mass is 9.94. The summed E-state index contributed by atoms with van der Waals surface area (Å²) in [6.45, 7) is 0.0112. The van der Waals surface area contributed by atoms with Gasteiger partial charge in [-0.15, -0.1) is 0 Å². The number of nitrogens with one attached hydrogen (secondary N) is 2. The number of fused-ring (bicyclic) bond motifs is 1. The molecular formula is C27H35FN2O8. The fourth-order valence-electron chi connectivity index (χ4n) is 6.30. The fraction of sp³-hybridized carbons (Fsp3) is 0.704. The van der Waals surface area contributed by atoms with Crippen LogP contribution in [0.25, 0.3) is 0 Å². The maximum absolute atomic E-state index is 13.4. The highest BCUT2D eigenvalue weighted by Gasteiger charge is 2.61. The lowest BCUT2D eigenvalue weighted by molar-refractivity contribution is -0.262. The van der Waals surface area contributed by atoms with Gasteiger partial charge in [0.2, 0.25) is 0 Å². The Morgan fingerprint density at radius 3 is 2.39 bits per heavy atom. The molecule has 0 unspecified atom stereocenters. The van der Waals surface area contributed by atoms with Crippen molar-refractivity contribution in [3.8, 4) is 0 Å². The van der Waals surface area contributed by atoms with Crippen LogP contribution in [0.1, 0.15) is 74.6 Å². The average Bonchev–Trinajstić information content (AvgIpc) is 3.58. The second-order valence-corrected chi connectivity index (χ2v) is 10.9. The van der Waals surface area contributed by atoms with Gasteiger partial charge in [0.15, 0.2) is 17.9 Å². The van der Waals surface area contributed by atoms with Crippen LogP contribution in [0.4, 0.5) is 4.39 Å². The normalized spacial score (nSPS) is 33.3. The maximum Gasteiger partial charge on any atom is 0.269 e. The van der Waals surface area contributed by atoms with E-state index in [-0.39, 0.29) is 18.3 Å². The molecule has 0 aromatic heterocycles. The summed E-state index contributed by atoms with van der Waals surface area (Å²) in [6.07, 6.45) is 7.05. The summed E-state index contributed by atoms with van der Waals surface area (Å²) in [5, 5.41) is 0. The first-order chi connectivity index (χ1) is 18.4. The molecule has 208 valence electrons. The molecule has 2 saturated carbocycles. The van der Waals surface area contributed by atoms with Crippen LogP contribution in [0.5, 0.6) is 0 Å². The number of amides is 2. The Labute approximate surface area is 220 Å². The van der Waals surface area contributed by atoms with Gasteiger partial charge >= 0.3 is 0 Å². The lowest BCUT2D eigenvalue weighted by Gasteiger charge is -2.35. The Morgan fingerprint density at radius 1 is 0.921 bits per heavy atom. The molecule has 3 heterocycles. The number of carbonyl (C=O) groups excluding carboxylic acids is 2. The first kappa shape index (κ1) is 26.1. The van der Waals surface area contributed by atoms with Crippen molar-refractivity contribution in [2.24, 2.45) is 0 Å². The number of ether oxygens (including phenoxy) is 6. The minimum absolute atomic E-state index is 0.0858. The highest BCUT2D eigenvalue weighted by Crippen LogP contribution is 2.48. The van der Waals surface area contributed by atoms with Crippen LogP contribution < -0.4 is 10.9 Å². The van der Waals surface area contributed by atoms with Gasteiger partial charge in [-0.25, -0.2) is 4.39 Å². The zero-order valence-electron chi connectivity index (χ0n) is 21.3. The Hall–Kier alpha value is -2.15. The van der Waals surface area contributed by atoms with Crippen molar-refractivity contribution in [3.05, 3.63) is 35.6 Å². The lowest BCUT2D eigenvalue weighted by Crippen LogP contribution is -2.48. The topological polar surface area (TPSA) is 114 Å². The summed E-state index contributed by atoms with van der Waals surface area (Å²) in [5.74, 6) is -3.02. The molecule has 5 aliphatic rings. The first-order valence-electron chi connectivity index (χ1n) is 13.7. The van der Waals surface area contributed by atoms with Gasteiger partial charge in [-0.3, -0.25) is 20.4 Å². The molecule has 1 aromatic carbocycles. The molecule has 2 N–H and O–H groups in total. The predicted molar refractivity (Wildman–Crippen MR) is 129 cm³/mol. The van der Waals surface area contributed by atoms with E-state index in [1.807, 2.05) is 0 Å². The van der Waals surface area contributed by atoms with E-state index in [9.17, 15) is 14.0 Å². The number of benzene rings is 1. The van der Waals surface area contributed by atoms with E-state index in [0.29, 0.717) is 6.61 Å². The number of carbonyl (C=O) groups is 2. The van der Waals surface area contributed by atoms with Gasteiger partial charge in [-0.2, -0.15) is 0 Å². The summed E-state index contributed by atoms with van der Waals surface area (Å²) in [7, 11) is 0. The zero-order chi connectivity index (χ0) is 26.2. The Kier molecular flexibility index (Phi) is 7.41. The molecular weight excluding hydrogens is 499 g/mol.